The van der Waals surface area contributed by atoms with E-state index < -0.39 is 0 Å². The molecule has 1 fully saturated rings. The summed E-state index contributed by atoms with van der Waals surface area (Å²) < 4.78 is 0. The van der Waals surface area contributed by atoms with Crippen LogP contribution < -0.4 is 5.32 Å². The smallest absolute Gasteiger partial charge is 0.255 e. The van der Waals surface area contributed by atoms with Crippen LogP contribution in [0.15, 0.2) is 55.1 Å². The van der Waals surface area contributed by atoms with Gasteiger partial charge in [0.15, 0.2) is 0 Å². The number of aromatic nitrogens is 4. The van der Waals surface area contributed by atoms with Gasteiger partial charge in [0.25, 0.3) is 11.8 Å². The van der Waals surface area contributed by atoms with Crippen LogP contribution in [0, 0.1) is 6.92 Å². The summed E-state index contributed by atoms with van der Waals surface area (Å²) in [7, 11) is 0. The van der Waals surface area contributed by atoms with Crippen LogP contribution in [0.3, 0.4) is 0 Å². The Balaban J connectivity index is 1.44. The fraction of sp³-hybridized carbons (Fsp3) is 0.304. The first-order valence-electron chi connectivity index (χ1n) is 10.3. The zero-order valence-corrected chi connectivity index (χ0v) is 17.4. The molecule has 4 rings (SSSR count). The van der Waals surface area contributed by atoms with Crippen LogP contribution in [0.1, 0.15) is 56.7 Å². The third kappa shape index (κ3) is 4.91. The van der Waals surface area contributed by atoms with Crippen molar-refractivity contribution in [3.05, 3.63) is 83.5 Å². The van der Waals surface area contributed by atoms with Gasteiger partial charge in [-0.1, -0.05) is 18.2 Å². The number of hydrogen-bond donors (Lipinski definition) is 1. The molecule has 0 saturated carbocycles. The number of carbonyl (C=O) groups is 2. The standard InChI is InChI=1S/C23H24N6O2/c1-16-25-14-20(22(30)26-13-19-7-10-24-15-27-19)21(28-16)17-8-11-29(12-9-17)23(31)18-5-3-2-4-6-18/h2-7,10,14-15,17H,8-9,11-13H2,1H3,(H,26,30). The largest absolute Gasteiger partial charge is 0.346 e. The molecule has 1 aliphatic heterocycles. The van der Waals surface area contributed by atoms with Crippen LogP contribution in [0.25, 0.3) is 0 Å². The number of nitrogens with one attached hydrogen (secondary N) is 1. The molecule has 1 aliphatic rings. The lowest BCUT2D eigenvalue weighted by molar-refractivity contribution is 0.0710. The van der Waals surface area contributed by atoms with E-state index in [0.29, 0.717) is 36.6 Å². The van der Waals surface area contributed by atoms with Crippen molar-refractivity contribution in [2.75, 3.05) is 13.1 Å². The van der Waals surface area contributed by atoms with E-state index in [2.05, 4.69) is 25.3 Å². The molecule has 1 saturated heterocycles. The number of rotatable bonds is 5. The van der Waals surface area contributed by atoms with Crippen LogP contribution in [-0.4, -0.2) is 49.7 Å². The molecule has 31 heavy (non-hydrogen) atoms. The van der Waals surface area contributed by atoms with Crippen molar-refractivity contribution < 1.29 is 9.59 Å². The number of hydrogen-bond acceptors (Lipinski definition) is 6. The molecule has 8 heteroatoms. The van der Waals surface area contributed by atoms with E-state index in [0.717, 1.165) is 24.2 Å². The zero-order chi connectivity index (χ0) is 21.6. The van der Waals surface area contributed by atoms with Gasteiger partial charge in [-0.2, -0.15) is 0 Å². The van der Waals surface area contributed by atoms with Gasteiger partial charge in [-0.05, 0) is 38.0 Å². The van der Waals surface area contributed by atoms with Gasteiger partial charge < -0.3 is 10.2 Å². The van der Waals surface area contributed by atoms with Crippen LogP contribution in [0.5, 0.6) is 0 Å². The number of likely N-dealkylation sites (tertiary alicyclic amines) is 1. The Hall–Kier alpha value is -3.68. The highest BCUT2D eigenvalue weighted by atomic mass is 16.2. The van der Waals surface area contributed by atoms with Crippen LogP contribution >= 0.6 is 0 Å². The molecule has 3 heterocycles. The van der Waals surface area contributed by atoms with Gasteiger partial charge in [0.1, 0.15) is 12.2 Å². The van der Waals surface area contributed by atoms with Crippen molar-refractivity contribution in [2.45, 2.75) is 32.2 Å². The predicted molar refractivity (Wildman–Crippen MR) is 114 cm³/mol. The second-order valence-electron chi connectivity index (χ2n) is 7.53. The molecule has 0 radical (unpaired) electrons. The highest BCUT2D eigenvalue weighted by Gasteiger charge is 2.28. The van der Waals surface area contributed by atoms with Gasteiger partial charge in [-0.3, -0.25) is 9.59 Å². The summed E-state index contributed by atoms with van der Waals surface area (Å²) in [5.41, 5.74) is 2.65. The van der Waals surface area contributed by atoms with Crippen molar-refractivity contribution >= 4 is 11.8 Å². The summed E-state index contributed by atoms with van der Waals surface area (Å²) in [5, 5.41) is 2.89. The molecule has 0 bridgehead atoms. The summed E-state index contributed by atoms with van der Waals surface area (Å²) >= 11 is 0. The average Bonchev–Trinajstić information content (AvgIpc) is 2.83. The molecule has 2 aromatic heterocycles. The Morgan fingerprint density at radius 3 is 2.58 bits per heavy atom. The minimum absolute atomic E-state index is 0.0423. The fourth-order valence-corrected chi connectivity index (χ4v) is 3.78. The minimum atomic E-state index is -0.226. The lowest BCUT2D eigenvalue weighted by Crippen LogP contribution is -2.38. The molecular weight excluding hydrogens is 392 g/mol. The highest BCUT2D eigenvalue weighted by Crippen LogP contribution is 2.29. The Morgan fingerprint density at radius 2 is 1.87 bits per heavy atom. The van der Waals surface area contributed by atoms with E-state index >= 15 is 0 Å². The lowest BCUT2D eigenvalue weighted by Gasteiger charge is -2.32. The maximum Gasteiger partial charge on any atom is 0.255 e. The monoisotopic (exact) mass is 416 g/mol. The number of piperidine rings is 1. The number of amides is 2. The molecule has 1 aromatic carbocycles. The van der Waals surface area contributed by atoms with Crippen LogP contribution in [0.2, 0.25) is 0 Å². The zero-order valence-electron chi connectivity index (χ0n) is 17.4. The van der Waals surface area contributed by atoms with Gasteiger partial charge in [-0.25, -0.2) is 19.9 Å². The minimum Gasteiger partial charge on any atom is -0.346 e. The first-order valence-corrected chi connectivity index (χ1v) is 10.3. The predicted octanol–water partition coefficient (Wildman–Crippen LogP) is 2.52. The van der Waals surface area contributed by atoms with E-state index in [1.165, 1.54) is 6.33 Å². The molecule has 3 aromatic rings. The first-order chi connectivity index (χ1) is 15.1. The molecule has 1 N–H and O–H groups in total. The average molecular weight is 416 g/mol. The summed E-state index contributed by atoms with van der Waals surface area (Å²) in [5.74, 6) is 0.545. The SMILES string of the molecule is Cc1ncc(C(=O)NCc2ccncn2)c(C2CCN(C(=O)c3ccccc3)CC2)n1. The van der Waals surface area contributed by atoms with Crippen molar-refractivity contribution in [3.63, 3.8) is 0 Å². The topological polar surface area (TPSA) is 101 Å². The van der Waals surface area contributed by atoms with E-state index in [9.17, 15) is 9.59 Å². The molecule has 0 unspecified atom stereocenters. The Labute approximate surface area is 180 Å². The second kappa shape index (κ2) is 9.42. The molecule has 2 amide bonds. The van der Waals surface area contributed by atoms with Gasteiger partial charge in [-0.15, -0.1) is 0 Å². The van der Waals surface area contributed by atoms with E-state index in [4.69, 9.17) is 0 Å². The normalized spacial score (nSPS) is 14.3. The lowest BCUT2D eigenvalue weighted by atomic mass is 9.90. The summed E-state index contributed by atoms with van der Waals surface area (Å²) in [6.07, 6.45) is 6.18. The third-order valence-electron chi connectivity index (χ3n) is 5.45. The number of carbonyl (C=O) groups excluding carboxylic acids is 2. The first kappa shape index (κ1) is 20.6. The summed E-state index contributed by atoms with van der Waals surface area (Å²) in [6, 6.07) is 11.1. The molecular formula is C23H24N6O2. The van der Waals surface area contributed by atoms with Gasteiger partial charge >= 0.3 is 0 Å². The molecule has 158 valence electrons. The maximum atomic E-state index is 12.9. The molecule has 0 aliphatic carbocycles. The van der Waals surface area contributed by atoms with E-state index in [1.54, 1.807) is 18.5 Å². The van der Waals surface area contributed by atoms with Crippen LogP contribution in [0.4, 0.5) is 0 Å². The van der Waals surface area contributed by atoms with Crippen molar-refractivity contribution in [2.24, 2.45) is 0 Å². The third-order valence-corrected chi connectivity index (χ3v) is 5.45. The van der Waals surface area contributed by atoms with E-state index in [1.807, 2.05) is 42.2 Å². The quantitative estimate of drug-likeness (QED) is 0.686. The van der Waals surface area contributed by atoms with Gasteiger partial charge in [0, 0.05) is 37.0 Å². The van der Waals surface area contributed by atoms with Crippen molar-refractivity contribution in [1.29, 1.82) is 0 Å². The van der Waals surface area contributed by atoms with Gasteiger partial charge in [0.2, 0.25) is 0 Å². The van der Waals surface area contributed by atoms with Crippen molar-refractivity contribution in [3.8, 4) is 0 Å². The van der Waals surface area contributed by atoms with E-state index in [-0.39, 0.29) is 17.7 Å². The number of nitrogens with zero attached hydrogens (tertiary/aromatic N) is 5. The Morgan fingerprint density at radius 1 is 1.10 bits per heavy atom. The second-order valence-corrected chi connectivity index (χ2v) is 7.53. The summed E-state index contributed by atoms with van der Waals surface area (Å²) in [4.78, 5) is 44.3. The highest BCUT2D eigenvalue weighted by molar-refractivity contribution is 5.95. The van der Waals surface area contributed by atoms with Crippen molar-refractivity contribution in [1.82, 2.24) is 30.2 Å². The van der Waals surface area contributed by atoms with Gasteiger partial charge in [0.05, 0.1) is 23.5 Å². The fourth-order valence-electron chi connectivity index (χ4n) is 3.78. The number of aryl methyl sites for hydroxylation is 1. The van der Waals surface area contributed by atoms with Crippen LogP contribution in [-0.2, 0) is 6.54 Å². The molecule has 8 nitrogen and oxygen atoms in total. The molecule has 0 atom stereocenters. The number of benzene rings is 1. The summed E-state index contributed by atoms with van der Waals surface area (Å²) in [6.45, 7) is 3.38. The maximum absolute atomic E-state index is 12.9. The molecule has 0 spiro atoms. The Bertz CT molecular complexity index is 1050. The Kier molecular flexibility index (Phi) is 6.26.